The Hall–Kier alpha value is -0.130. The lowest BCUT2D eigenvalue weighted by atomic mass is 9.92. The monoisotopic (exact) mass is 206 g/mol. The Morgan fingerprint density at radius 1 is 1.23 bits per heavy atom. The Balaban J connectivity index is 2.43. The molecular weight excluding hydrogens is 188 g/mol. The third-order valence-corrected chi connectivity index (χ3v) is 3.22. The molecule has 0 radical (unpaired) electrons. The first-order valence-electron chi connectivity index (χ1n) is 4.66. The number of sulfonamides is 1. The molecule has 0 bridgehead atoms. The van der Waals surface area contributed by atoms with Crippen LogP contribution in [0.3, 0.4) is 0 Å². The van der Waals surface area contributed by atoms with Crippen molar-refractivity contribution in [3.63, 3.8) is 0 Å². The van der Waals surface area contributed by atoms with E-state index in [1.807, 2.05) is 7.05 Å². The smallest absolute Gasteiger partial charge is 0.208 e. The molecule has 1 rings (SSSR count). The summed E-state index contributed by atoms with van der Waals surface area (Å²) < 4.78 is 24.6. The molecule has 0 amide bonds. The van der Waals surface area contributed by atoms with Crippen molar-refractivity contribution in [2.75, 3.05) is 13.3 Å². The van der Waals surface area contributed by atoms with Crippen molar-refractivity contribution < 1.29 is 8.42 Å². The van der Waals surface area contributed by atoms with Gasteiger partial charge in [0.05, 0.1) is 6.26 Å². The summed E-state index contributed by atoms with van der Waals surface area (Å²) >= 11 is 0. The highest BCUT2D eigenvalue weighted by Gasteiger charge is 2.22. The summed E-state index contributed by atoms with van der Waals surface area (Å²) in [5.74, 6) is 0. The normalized spacial score (nSPS) is 30.3. The van der Waals surface area contributed by atoms with Gasteiger partial charge in [-0.3, -0.25) is 0 Å². The third-order valence-electron chi connectivity index (χ3n) is 2.46. The SMILES string of the molecule is CNC1CCCC(NS(C)(=O)=O)C1. The van der Waals surface area contributed by atoms with Gasteiger partial charge in [-0.15, -0.1) is 0 Å². The molecule has 0 saturated heterocycles. The van der Waals surface area contributed by atoms with E-state index in [0.717, 1.165) is 25.7 Å². The van der Waals surface area contributed by atoms with Crippen molar-refractivity contribution in [2.45, 2.75) is 37.8 Å². The van der Waals surface area contributed by atoms with E-state index < -0.39 is 10.0 Å². The predicted molar refractivity (Wildman–Crippen MR) is 53.1 cm³/mol. The number of rotatable bonds is 3. The molecule has 0 aromatic carbocycles. The Morgan fingerprint density at radius 2 is 1.85 bits per heavy atom. The second-order valence-corrected chi connectivity index (χ2v) is 5.52. The van der Waals surface area contributed by atoms with Crippen LogP contribution in [0.15, 0.2) is 0 Å². The minimum absolute atomic E-state index is 0.126. The molecule has 0 heterocycles. The van der Waals surface area contributed by atoms with Gasteiger partial charge < -0.3 is 5.32 Å². The maximum atomic E-state index is 11.0. The van der Waals surface area contributed by atoms with Crippen LogP contribution in [-0.4, -0.2) is 33.8 Å². The maximum absolute atomic E-state index is 11.0. The van der Waals surface area contributed by atoms with Crippen LogP contribution in [0.1, 0.15) is 25.7 Å². The Labute approximate surface area is 80.1 Å². The zero-order valence-corrected chi connectivity index (χ0v) is 9.02. The highest BCUT2D eigenvalue weighted by atomic mass is 32.2. The first-order chi connectivity index (χ1) is 6.01. The molecule has 0 spiro atoms. The average Bonchev–Trinajstić information content (AvgIpc) is 2.01. The number of nitrogens with one attached hydrogen (secondary N) is 2. The van der Waals surface area contributed by atoms with Crippen LogP contribution in [-0.2, 0) is 10.0 Å². The lowest BCUT2D eigenvalue weighted by molar-refractivity contribution is 0.339. The molecule has 1 saturated carbocycles. The first-order valence-corrected chi connectivity index (χ1v) is 6.55. The molecule has 2 N–H and O–H groups in total. The van der Waals surface area contributed by atoms with Gasteiger partial charge in [0.1, 0.15) is 0 Å². The van der Waals surface area contributed by atoms with Gasteiger partial charge in [0.25, 0.3) is 0 Å². The quantitative estimate of drug-likeness (QED) is 0.687. The lowest BCUT2D eigenvalue weighted by Crippen LogP contribution is -2.42. The Kier molecular flexibility index (Phi) is 3.70. The molecule has 1 aliphatic rings. The molecule has 13 heavy (non-hydrogen) atoms. The standard InChI is InChI=1S/C8H18N2O2S/c1-9-7-4-3-5-8(6-7)10-13(2,11)12/h7-10H,3-6H2,1-2H3. The van der Waals surface area contributed by atoms with Crippen LogP contribution in [0.4, 0.5) is 0 Å². The van der Waals surface area contributed by atoms with Gasteiger partial charge in [0, 0.05) is 12.1 Å². The van der Waals surface area contributed by atoms with Crippen molar-refractivity contribution in [3.8, 4) is 0 Å². The van der Waals surface area contributed by atoms with Gasteiger partial charge in [-0.1, -0.05) is 6.42 Å². The van der Waals surface area contributed by atoms with E-state index >= 15 is 0 Å². The molecule has 0 aromatic rings. The van der Waals surface area contributed by atoms with Gasteiger partial charge in [-0.25, -0.2) is 13.1 Å². The van der Waals surface area contributed by atoms with Gasteiger partial charge in [-0.05, 0) is 26.3 Å². The fourth-order valence-corrected chi connectivity index (χ4v) is 2.68. The molecule has 0 aromatic heterocycles. The summed E-state index contributed by atoms with van der Waals surface area (Å²) in [4.78, 5) is 0. The van der Waals surface area contributed by atoms with Crippen LogP contribution in [0.5, 0.6) is 0 Å². The van der Waals surface area contributed by atoms with E-state index in [1.54, 1.807) is 0 Å². The topological polar surface area (TPSA) is 58.2 Å². The molecule has 4 nitrogen and oxygen atoms in total. The molecule has 2 atom stereocenters. The van der Waals surface area contributed by atoms with Crippen molar-refractivity contribution >= 4 is 10.0 Å². The highest BCUT2D eigenvalue weighted by molar-refractivity contribution is 7.88. The zero-order chi connectivity index (χ0) is 9.90. The van der Waals surface area contributed by atoms with Crippen molar-refractivity contribution in [2.24, 2.45) is 0 Å². The molecule has 78 valence electrons. The minimum Gasteiger partial charge on any atom is -0.317 e. The van der Waals surface area contributed by atoms with E-state index in [0.29, 0.717) is 6.04 Å². The second-order valence-electron chi connectivity index (χ2n) is 3.74. The first kappa shape index (κ1) is 10.9. The average molecular weight is 206 g/mol. The fraction of sp³-hybridized carbons (Fsp3) is 1.00. The summed E-state index contributed by atoms with van der Waals surface area (Å²) in [6, 6.07) is 0.592. The highest BCUT2D eigenvalue weighted by Crippen LogP contribution is 2.18. The maximum Gasteiger partial charge on any atom is 0.208 e. The Morgan fingerprint density at radius 3 is 2.38 bits per heavy atom. The number of hydrogen-bond acceptors (Lipinski definition) is 3. The van der Waals surface area contributed by atoms with Gasteiger partial charge in [0.2, 0.25) is 10.0 Å². The van der Waals surface area contributed by atoms with Crippen LogP contribution in [0, 0.1) is 0 Å². The van der Waals surface area contributed by atoms with E-state index in [-0.39, 0.29) is 6.04 Å². The molecule has 0 aliphatic heterocycles. The van der Waals surface area contributed by atoms with Crippen LogP contribution >= 0.6 is 0 Å². The molecular formula is C8H18N2O2S. The van der Waals surface area contributed by atoms with Crippen molar-refractivity contribution in [1.82, 2.24) is 10.0 Å². The zero-order valence-electron chi connectivity index (χ0n) is 8.21. The van der Waals surface area contributed by atoms with Crippen molar-refractivity contribution in [3.05, 3.63) is 0 Å². The summed E-state index contributed by atoms with van der Waals surface area (Å²) in [6.45, 7) is 0. The van der Waals surface area contributed by atoms with Gasteiger partial charge in [-0.2, -0.15) is 0 Å². The Bertz CT molecular complexity index is 251. The van der Waals surface area contributed by atoms with Crippen LogP contribution < -0.4 is 10.0 Å². The predicted octanol–water partition coefficient (Wildman–Crippen LogP) is 0.0662. The molecule has 1 aliphatic carbocycles. The lowest BCUT2D eigenvalue weighted by Gasteiger charge is -2.28. The summed E-state index contributed by atoms with van der Waals surface area (Å²) in [6.07, 6.45) is 5.34. The largest absolute Gasteiger partial charge is 0.317 e. The second kappa shape index (κ2) is 4.39. The van der Waals surface area contributed by atoms with E-state index in [1.165, 1.54) is 6.26 Å². The minimum atomic E-state index is -3.03. The third kappa shape index (κ3) is 4.06. The van der Waals surface area contributed by atoms with Gasteiger partial charge >= 0.3 is 0 Å². The van der Waals surface area contributed by atoms with Crippen LogP contribution in [0.2, 0.25) is 0 Å². The molecule has 1 fully saturated rings. The van der Waals surface area contributed by atoms with Crippen molar-refractivity contribution in [1.29, 1.82) is 0 Å². The summed E-state index contributed by atoms with van der Waals surface area (Å²) in [5, 5.41) is 3.18. The summed E-state index contributed by atoms with van der Waals surface area (Å²) in [7, 11) is -1.11. The van der Waals surface area contributed by atoms with E-state index in [9.17, 15) is 8.42 Å². The molecule has 2 unspecified atom stereocenters. The van der Waals surface area contributed by atoms with Crippen LogP contribution in [0.25, 0.3) is 0 Å². The molecule has 5 heteroatoms. The fourth-order valence-electron chi connectivity index (χ4n) is 1.86. The van der Waals surface area contributed by atoms with Gasteiger partial charge in [0.15, 0.2) is 0 Å². The van der Waals surface area contributed by atoms with E-state index in [4.69, 9.17) is 0 Å². The van der Waals surface area contributed by atoms with E-state index in [2.05, 4.69) is 10.0 Å². The number of hydrogen-bond donors (Lipinski definition) is 2. The summed E-state index contributed by atoms with van der Waals surface area (Å²) in [5.41, 5.74) is 0.